The molecule has 8 heteroatoms. The van der Waals surface area contributed by atoms with Gasteiger partial charge in [0.25, 0.3) is 0 Å². The van der Waals surface area contributed by atoms with Gasteiger partial charge in [0.05, 0.1) is 29.0 Å². The molecule has 35 heavy (non-hydrogen) atoms. The quantitative estimate of drug-likeness (QED) is 0.610. The Morgan fingerprint density at radius 3 is 2.71 bits per heavy atom. The van der Waals surface area contributed by atoms with Crippen LogP contribution in [0, 0.1) is 29.1 Å². The molecule has 3 unspecified atom stereocenters. The smallest absolute Gasteiger partial charge is 0.166 e. The molecule has 6 atom stereocenters. The maximum atomic E-state index is 9.83. The van der Waals surface area contributed by atoms with Crippen LogP contribution < -0.4 is 5.32 Å². The number of fused-ring (bicyclic) bond motifs is 4. The molecule has 4 aliphatic rings. The molecule has 4 fully saturated rings. The third-order valence-corrected chi connectivity index (χ3v) is 8.72. The summed E-state index contributed by atoms with van der Waals surface area (Å²) in [4.78, 5) is 2.69. The van der Waals surface area contributed by atoms with Gasteiger partial charge in [0.1, 0.15) is 6.07 Å². The molecular weight excluding hydrogens is 438 g/mol. The van der Waals surface area contributed by atoms with Gasteiger partial charge >= 0.3 is 0 Å². The number of likely N-dealkylation sites (tertiary alicyclic amines) is 1. The summed E-state index contributed by atoms with van der Waals surface area (Å²) in [6, 6.07) is 10.6. The maximum absolute atomic E-state index is 9.83. The highest BCUT2D eigenvalue weighted by Crippen LogP contribution is 2.43. The van der Waals surface area contributed by atoms with Gasteiger partial charge in [-0.2, -0.15) is 10.4 Å². The Balaban J connectivity index is 0.999. The van der Waals surface area contributed by atoms with Gasteiger partial charge in [-0.3, -0.25) is 4.68 Å². The van der Waals surface area contributed by atoms with E-state index in [9.17, 15) is 5.26 Å². The first-order valence-electron chi connectivity index (χ1n) is 13.0. The molecule has 8 nitrogen and oxygen atoms in total. The molecule has 1 N–H and O–H groups in total. The number of anilines is 1. The van der Waals surface area contributed by atoms with Crippen molar-refractivity contribution in [3.05, 3.63) is 36.0 Å². The minimum Gasteiger partial charge on any atom is -0.375 e. The van der Waals surface area contributed by atoms with Crippen molar-refractivity contribution in [1.82, 2.24) is 24.9 Å². The van der Waals surface area contributed by atoms with Crippen LogP contribution in [0.3, 0.4) is 0 Å². The topological polar surface area (TPSA) is 91.9 Å². The second-order valence-corrected chi connectivity index (χ2v) is 11.1. The number of rotatable bonds is 5. The Kier molecular flexibility index (Phi) is 5.04. The molecule has 5 heterocycles. The van der Waals surface area contributed by atoms with Gasteiger partial charge in [0.15, 0.2) is 5.82 Å². The van der Waals surface area contributed by atoms with Crippen molar-refractivity contribution in [3.8, 4) is 17.3 Å². The number of hydrogen-bond donors (Lipinski definition) is 1. The number of ether oxygens (including phenoxy) is 1. The number of aromatic nitrogens is 4. The molecule has 3 aromatic rings. The Hall–Kier alpha value is -3.02. The Labute approximate surface area is 205 Å². The minimum atomic E-state index is 0.358. The van der Waals surface area contributed by atoms with Crippen LogP contribution in [-0.2, 0) is 11.8 Å². The zero-order valence-corrected chi connectivity index (χ0v) is 20.1. The van der Waals surface area contributed by atoms with Crippen molar-refractivity contribution < 1.29 is 4.74 Å². The van der Waals surface area contributed by atoms with Crippen LogP contribution in [0.15, 0.2) is 30.5 Å². The third-order valence-electron chi connectivity index (χ3n) is 8.72. The van der Waals surface area contributed by atoms with Crippen molar-refractivity contribution in [2.45, 2.75) is 50.4 Å². The number of hydrogen-bond acceptors (Lipinski definition) is 7. The van der Waals surface area contributed by atoms with Crippen molar-refractivity contribution >= 4 is 16.7 Å². The summed E-state index contributed by atoms with van der Waals surface area (Å²) >= 11 is 0. The average Bonchev–Trinajstić information content (AvgIpc) is 3.65. The molecule has 7 rings (SSSR count). The molecule has 3 saturated heterocycles. The predicted molar refractivity (Wildman–Crippen MR) is 133 cm³/mol. The van der Waals surface area contributed by atoms with Gasteiger partial charge in [-0.1, -0.05) is 6.07 Å². The molecule has 180 valence electrons. The molecular formula is C27H31N7O. The second-order valence-electron chi connectivity index (χ2n) is 11.1. The second kappa shape index (κ2) is 8.28. The fourth-order valence-electron chi connectivity index (χ4n) is 7.16. The number of aryl methyl sites for hydroxylation is 1. The van der Waals surface area contributed by atoms with Crippen molar-refractivity contribution in [2.75, 3.05) is 25.0 Å². The summed E-state index contributed by atoms with van der Waals surface area (Å²) in [5.74, 6) is 2.82. The number of benzene rings is 1. The van der Waals surface area contributed by atoms with E-state index in [1.54, 1.807) is 4.68 Å². The van der Waals surface area contributed by atoms with E-state index in [1.807, 2.05) is 37.5 Å². The maximum Gasteiger partial charge on any atom is 0.166 e. The van der Waals surface area contributed by atoms with Crippen molar-refractivity contribution in [2.24, 2.45) is 24.8 Å². The highest BCUT2D eigenvalue weighted by molar-refractivity contribution is 5.83. The predicted octanol–water partition coefficient (Wildman–Crippen LogP) is 3.59. The zero-order valence-electron chi connectivity index (χ0n) is 20.1. The minimum absolute atomic E-state index is 0.358. The number of nitrogens with zero attached hydrogens (tertiary/aromatic N) is 6. The molecule has 2 aromatic heterocycles. The van der Waals surface area contributed by atoms with Crippen LogP contribution in [0.5, 0.6) is 0 Å². The van der Waals surface area contributed by atoms with Crippen molar-refractivity contribution in [3.63, 3.8) is 0 Å². The fourth-order valence-corrected chi connectivity index (χ4v) is 7.16. The van der Waals surface area contributed by atoms with Crippen LogP contribution in [-0.4, -0.2) is 62.8 Å². The lowest BCUT2D eigenvalue weighted by atomic mass is 9.89. The number of nitriles is 1. The SMILES string of the molecule is Cn1cc2cc(-c3cc(C#N)c(NC4C[C@@H]5CN(C[C@H]6CC7CCC6O7)C[C@@H]5C4)nn3)ccc2n1. The van der Waals surface area contributed by atoms with E-state index in [1.165, 1.54) is 38.9 Å². The first-order chi connectivity index (χ1) is 17.1. The van der Waals surface area contributed by atoms with Gasteiger partial charge in [0, 0.05) is 55.8 Å². The van der Waals surface area contributed by atoms with Crippen LogP contribution in [0.4, 0.5) is 5.82 Å². The lowest BCUT2D eigenvalue weighted by Crippen LogP contribution is -2.33. The largest absolute Gasteiger partial charge is 0.375 e. The van der Waals surface area contributed by atoms with Gasteiger partial charge < -0.3 is 15.0 Å². The van der Waals surface area contributed by atoms with E-state index in [0.717, 1.165) is 47.1 Å². The molecule has 0 radical (unpaired) electrons. The van der Waals surface area contributed by atoms with Gasteiger partial charge in [-0.15, -0.1) is 10.2 Å². The van der Waals surface area contributed by atoms with Gasteiger partial charge in [-0.25, -0.2) is 0 Å². The molecule has 0 amide bonds. The van der Waals surface area contributed by atoms with E-state index in [4.69, 9.17) is 4.74 Å². The Morgan fingerprint density at radius 1 is 1.11 bits per heavy atom. The third kappa shape index (κ3) is 3.87. The van der Waals surface area contributed by atoms with E-state index in [0.29, 0.717) is 35.3 Å². The molecule has 1 aliphatic carbocycles. The van der Waals surface area contributed by atoms with Crippen molar-refractivity contribution in [1.29, 1.82) is 5.26 Å². The standard InChI is InChI=1S/C27H31N7O/c1-33-12-20-6-16(2-4-24(20)32-33)25-10-17(11-28)27(31-30-25)29-22-7-18-13-34(14-19(18)8-22)15-21-9-23-3-5-26(21)35-23/h2,4,6,10,12,18-19,21-23,26H,3,5,7-9,13-15H2,1H3,(H,29,31)/t18-,19+,21-,22?,23?,26?/m1/s1. The number of nitrogens with one attached hydrogen (secondary N) is 1. The van der Waals surface area contributed by atoms with E-state index >= 15 is 0 Å². The van der Waals surface area contributed by atoms with E-state index in [2.05, 4.69) is 31.6 Å². The lowest BCUT2D eigenvalue weighted by Gasteiger charge is -2.26. The summed E-state index contributed by atoms with van der Waals surface area (Å²) in [7, 11) is 1.91. The molecule has 1 aromatic carbocycles. The fraction of sp³-hybridized carbons (Fsp3) is 0.556. The normalized spacial score (nSPS) is 31.8. The van der Waals surface area contributed by atoms with Crippen LogP contribution in [0.1, 0.15) is 37.7 Å². The summed E-state index contributed by atoms with van der Waals surface area (Å²) < 4.78 is 7.87. The van der Waals surface area contributed by atoms with Crippen LogP contribution in [0.25, 0.3) is 22.2 Å². The Bertz CT molecular complexity index is 1300. The van der Waals surface area contributed by atoms with Gasteiger partial charge in [-0.05, 0) is 62.1 Å². The first-order valence-corrected chi connectivity index (χ1v) is 13.0. The van der Waals surface area contributed by atoms with Crippen LogP contribution in [0.2, 0.25) is 0 Å². The van der Waals surface area contributed by atoms with Gasteiger partial charge in [0.2, 0.25) is 0 Å². The molecule has 2 bridgehead atoms. The molecule has 0 spiro atoms. The van der Waals surface area contributed by atoms with E-state index < -0.39 is 0 Å². The lowest BCUT2D eigenvalue weighted by molar-refractivity contribution is 0.0854. The highest BCUT2D eigenvalue weighted by Gasteiger charge is 2.45. The molecule has 1 saturated carbocycles. The van der Waals surface area contributed by atoms with Crippen LogP contribution >= 0.6 is 0 Å². The Morgan fingerprint density at radius 2 is 1.97 bits per heavy atom. The summed E-state index contributed by atoms with van der Waals surface area (Å²) in [6.07, 6.45) is 9.13. The monoisotopic (exact) mass is 469 g/mol. The summed E-state index contributed by atoms with van der Waals surface area (Å²) in [6.45, 7) is 3.61. The molecule has 3 aliphatic heterocycles. The highest BCUT2D eigenvalue weighted by atomic mass is 16.5. The summed E-state index contributed by atoms with van der Waals surface area (Å²) in [5, 5.41) is 27.8. The summed E-state index contributed by atoms with van der Waals surface area (Å²) in [5.41, 5.74) is 3.15. The zero-order chi connectivity index (χ0) is 23.5. The average molecular weight is 470 g/mol. The van der Waals surface area contributed by atoms with E-state index in [-0.39, 0.29) is 0 Å². The first kappa shape index (κ1) is 21.3.